The molecule has 0 spiro atoms. The molecular formula is C20H34N4O5S. The van der Waals surface area contributed by atoms with E-state index in [1.54, 1.807) is 21.3 Å². The highest BCUT2D eigenvalue weighted by Crippen LogP contribution is 2.38. The Hall–Kier alpha value is -2.20. The van der Waals surface area contributed by atoms with E-state index < -0.39 is 9.84 Å². The Bertz CT molecular complexity index is 795. The Morgan fingerprint density at radius 3 is 2.13 bits per heavy atom. The van der Waals surface area contributed by atoms with Crippen molar-refractivity contribution in [3.8, 4) is 17.2 Å². The number of methoxy groups -OCH3 is 3. The number of benzene rings is 1. The molecule has 1 saturated heterocycles. The van der Waals surface area contributed by atoms with Crippen LogP contribution in [-0.2, 0) is 16.4 Å². The molecule has 0 amide bonds. The van der Waals surface area contributed by atoms with Gasteiger partial charge in [0.15, 0.2) is 17.5 Å². The molecule has 0 atom stereocenters. The molecule has 1 aliphatic heterocycles. The van der Waals surface area contributed by atoms with Crippen LogP contribution in [0, 0.1) is 0 Å². The number of nitrogens with zero attached hydrogens (tertiary/aromatic N) is 3. The molecule has 0 saturated carbocycles. The fourth-order valence-corrected chi connectivity index (χ4v) is 3.77. The van der Waals surface area contributed by atoms with Crippen molar-refractivity contribution in [2.24, 2.45) is 4.99 Å². The van der Waals surface area contributed by atoms with Crippen molar-refractivity contribution in [2.45, 2.75) is 13.5 Å². The van der Waals surface area contributed by atoms with Gasteiger partial charge in [-0.3, -0.25) is 9.89 Å². The number of hydrogen-bond acceptors (Lipinski definition) is 7. The summed E-state index contributed by atoms with van der Waals surface area (Å²) in [7, 11) is 1.81. The second kappa shape index (κ2) is 11.3. The summed E-state index contributed by atoms with van der Waals surface area (Å²) < 4.78 is 39.0. The monoisotopic (exact) mass is 442 g/mol. The molecule has 9 nitrogen and oxygen atoms in total. The maximum Gasteiger partial charge on any atom is 0.203 e. The molecular weight excluding hydrogens is 408 g/mol. The van der Waals surface area contributed by atoms with E-state index in [1.165, 1.54) is 6.26 Å². The van der Waals surface area contributed by atoms with Crippen LogP contribution in [0.1, 0.15) is 12.5 Å². The quantitative estimate of drug-likeness (QED) is 0.444. The number of aliphatic imine (C=N–C) groups is 1. The number of piperazine rings is 1. The van der Waals surface area contributed by atoms with Crippen molar-refractivity contribution >= 4 is 15.8 Å². The van der Waals surface area contributed by atoms with Crippen LogP contribution in [0.25, 0.3) is 0 Å². The molecule has 170 valence electrons. The Morgan fingerprint density at radius 2 is 1.67 bits per heavy atom. The van der Waals surface area contributed by atoms with E-state index >= 15 is 0 Å². The van der Waals surface area contributed by atoms with Gasteiger partial charge in [-0.15, -0.1) is 0 Å². The van der Waals surface area contributed by atoms with Crippen molar-refractivity contribution < 1.29 is 22.6 Å². The van der Waals surface area contributed by atoms with Gasteiger partial charge >= 0.3 is 0 Å². The van der Waals surface area contributed by atoms with Crippen LogP contribution >= 0.6 is 0 Å². The van der Waals surface area contributed by atoms with Gasteiger partial charge in [-0.25, -0.2) is 8.42 Å². The van der Waals surface area contributed by atoms with E-state index in [4.69, 9.17) is 14.2 Å². The minimum atomic E-state index is -3.02. The lowest BCUT2D eigenvalue weighted by Gasteiger charge is -2.36. The van der Waals surface area contributed by atoms with Gasteiger partial charge < -0.3 is 24.4 Å². The highest BCUT2D eigenvalue weighted by atomic mass is 32.2. The van der Waals surface area contributed by atoms with Crippen molar-refractivity contribution in [1.29, 1.82) is 0 Å². The minimum Gasteiger partial charge on any atom is -0.493 e. The maximum atomic E-state index is 11.4. The zero-order chi connectivity index (χ0) is 22.1. The van der Waals surface area contributed by atoms with Crippen molar-refractivity contribution in [3.05, 3.63) is 17.7 Å². The predicted molar refractivity (Wildman–Crippen MR) is 119 cm³/mol. The van der Waals surface area contributed by atoms with Gasteiger partial charge in [-0.05, 0) is 24.6 Å². The normalized spacial score (nSPS) is 15.8. The number of ether oxygens (including phenoxy) is 3. The number of nitrogens with one attached hydrogen (secondary N) is 1. The van der Waals surface area contributed by atoms with E-state index in [2.05, 4.69) is 20.1 Å². The Kier molecular flexibility index (Phi) is 9.04. The molecule has 1 aromatic carbocycles. The highest BCUT2D eigenvalue weighted by molar-refractivity contribution is 7.90. The van der Waals surface area contributed by atoms with Crippen molar-refractivity contribution in [1.82, 2.24) is 15.1 Å². The third-order valence-electron chi connectivity index (χ3n) is 4.86. The summed E-state index contributed by atoms with van der Waals surface area (Å²) in [5, 5.41) is 3.26. The van der Waals surface area contributed by atoms with E-state index in [9.17, 15) is 8.42 Å². The molecule has 0 radical (unpaired) electrons. The summed E-state index contributed by atoms with van der Waals surface area (Å²) in [5.41, 5.74) is 1.09. The van der Waals surface area contributed by atoms with Gasteiger partial charge in [0, 0.05) is 45.5 Å². The van der Waals surface area contributed by atoms with E-state index in [-0.39, 0.29) is 12.3 Å². The topological polar surface area (TPSA) is 92.7 Å². The average molecular weight is 443 g/mol. The van der Waals surface area contributed by atoms with Crippen LogP contribution in [0.2, 0.25) is 0 Å². The predicted octanol–water partition coefficient (Wildman–Crippen LogP) is 0.840. The lowest BCUT2D eigenvalue weighted by atomic mass is 10.1. The second-order valence-electron chi connectivity index (χ2n) is 7.16. The van der Waals surface area contributed by atoms with Gasteiger partial charge in [-0.1, -0.05) is 0 Å². The summed E-state index contributed by atoms with van der Waals surface area (Å²) >= 11 is 0. The van der Waals surface area contributed by atoms with Crippen molar-refractivity contribution in [3.63, 3.8) is 0 Å². The molecule has 0 bridgehead atoms. The van der Waals surface area contributed by atoms with Crippen LogP contribution < -0.4 is 19.5 Å². The molecule has 0 aliphatic carbocycles. The van der Waals surface area contributed by atoms with Gasteiger partial charge in [0.05, 0.1) is 33.6 Å². The first-order valence-electron chi connectivity index (χ1n) is 10.0. The fraction of sp³-hybridized carbons (Fsp3) is 0.650. The second-order valence-corrected chi connectivity index (χ2v) is 9.42. The van der Waals surface area contributed by atoms with E-state index in [0.29, 0.717) is 17.2 Å². The van der Waals surface area contributed by atoms with Crippen LogP contribution in [0.3, 0.4) is 0 Å². The molecule has 1 heterocycles. The molecule has 0 unspecified atom stereocenters. The highest BCUT2D eigenvalue weighted by Gasteiger charge is 2.21. The average Bonchev–Trinajstić information content (AvgIpc) is 2.72. The summed E-state index contributed by atoms with van der Waals surface area (Å²) in [4.78, 5) is 9.02. The van der Waals surface area contributed by atoms with Crippen LogP contribution in [0.4, 0.5) is 0 Å². The van der Waals surface area contributed by atoms with Gasteiger partial charge in [0.25, 0.3) is 0 Å². The molecule has 1 fully saturated rings. The van der Waals surface area contributed by atoms with Crippen LogP contribution in [0.5, 0.6) is 17.2 Å². The number of rotatable bonds is 9. The van der Waals surface area contributed by atoms with Gasteiger partial charge in [0.2, 0.25) is 5.75 Å². The third-order valence-corrected chi connectivity index (χ3v) is 5.79. The molecule has 1 aromatic rings. The maximum absolute atomic E-state index is 11.4. The van der Waals surface area contributed by atoms with Crippen molar-refractivity contribution in [2.75, 3.05) is 72.6 Å². The smallest absolute Gasteiger partial charge is 0.203 e. The summed E-state index contributed by atoms with van der Waals surface area (Å²) in [6, 6.07) is 3.95. The Balaban J connectivity index is 2.00. The lowest BCUT2D eigenvalue weighted by molar-refractivity contribution is 0.172. The van der Waals surface area contributed by atoms with E-state index in [1.807, 2.05) is 19.1 Å². The Labute approximate surface area is 179 Å². The zero-order valence-electron chi connectivity index (χ0n) is 18.6. The standard InChI is InChI=1S/C20H34N4O5S/c1-6-21-20(22-7-12-30(5,25)26)24-10-8-23(9-11-24)15-16-13-17(27-2)19(29-4)18(14-16)28-3/h13-14H,6-12,15H2,1-5H3,(H,21,22). The molecule has 30 heavy (non-hydrogen) atoms. The summed E-state index contributed by atoms with van der Waals surface area (Å²) in [6.45, 7) is 7.15. The summed E-state index contributed by atoms with van der Waals surface area (Å²) in [5.74, 6) is 2.72. The largest absolute Gasteiger partial charge is 0.493 e. The first kappa shape index (κ1) is 24.1. The molecule has 1 aliphatic rings. The van der Waals surface area contributed by atoms with E-state index in [0.717, 1.165) is 50.8 Å². The van der Waals surface area contributed by atoms with Crippen LogP contribution in [-0.4, -0.2) is 96.8 Å². The van der Waals surface area contributed by atoms with Gasteiger partial charge in [-0.2, -0.15) is 0 Å². The Morgan fingerprint density at radius 1 is 1.07 bits per heavy atom. The SMILES string of the molecule is CCNC(=NCCS(C)(=O)=O)N1CCN(Cc2cc(OC)c(OC)c(OC)c2)CC1. The van der Waals surface area contributed by atoms with Gasteiger partial charge in [0.1, 0.15) is 9.84 Å². The molecule has 2 rings (SSSR count). The molecule has 0 aromatic heterocycles. The first-order chi connectivity index (χ1) is 14.3. The molecule has 1 N–H and O–H groups in total. The lowest BCUT2D eigenvalue weighted by Crippen LogP contribution is -2.52. The first-order valence-corrected chi connectivity index (χ1v) is 12.1. The number of guanidine groups is 1. The fourth-order valence-electron chi connectivity index (χ4n) is 3.35. The summed E-state index contributed by atoms with van der Waals surface area (Å²) in [6.07, 6.45) is 1.23. The zero-order valence-corrected chi connectivity index (χ0v) is 19.4. The molecule has 10 heteroatoms. The minimum absolute atomic E-state index is 0.0585. The number of sulfone groups is 1. The van der Waals surface area contributed by atoms with Crippen LogP contribution in [0.15, 0.2) is 17.1 Å². The third kappa shape index (κ3) is 6.94. The number of hydrogen-bond donors (Lipinski definition) is 1.